The van der Waals surface area contributed by atoms with Crippen molar-refractivity contribution in [2.24, 2.45) is 34.5 Å². The minimum Gasteiger partial charge on any atom is -0.493 e. The molecule has 0 aromatic heterocycles. The summed E-state index contributed by atoms with van der Waals surface area (Å²) in [7, 11) is 5.44. The minimum atomic E-state index is 0.125. The van der Waals surface area contributed by atoms with E-state index in [1.54, 1.807) is 14.2 Å². The number of likely N-dealkylation sites (N-methyl/N-ethyl adjacent to an activating group) is 1. The Morgan fingerprint density at radius 1 is 1.00 bits per heavy atom. The summed E-state index contributed by atoms with van der Waals surface area (Å²) >= 11 is 0. The number of carbonyl (C=O) groups excluding carboxylic acids is 1. The number of hydrogen-bond acceptors (Lipinski definition) is 3. The average Bonchev–Trinajstić information content (AvgIpc) is 3.18. The van der Waals surface area contributed by atoms with E-state index in [1.165, 1.54) is 37.7 Å². The molecular weight excluding hydrogens is 410 g/mol. The standard InChI is InChI=1S/C29H41NO3/c1-18(19-7-11-24(32-5)25(17-19)33-6)21-9-10-22-20-8-12-26-29(3,16-14-27(31)30(26)4)23(20)13-15-28(21,22)2/h7,11,14,16-18,20-23,26H,8-10,12-13,15H2,1-6H3/t18?,20-,21+,22-,23-,26+,28+,29+/m0/s1. The molecule has 0 bridgehead atoms. The predicted octanol–water partition coefficient (Wildman–Crippen LogP) is 6.06. The maximum atomic E-state index is 12.3. The summed E-state index contributed by atoms with van der Waals surface area (Å²) < 4.78 is 11.1. The molecular formula is C29H41NO3. The van der Waals surface area contributed by atoms with Crippen molar-refractivity contribution in [3.63, 3.8) is 0 Å². The number of amides is 1. The van der Waals surface area contributed by atoms with Gasteiger partial charge in [0.15, 0.2) is 11.5 Å². The van der Waals surface area contributed by atoms with Crippen molar-refractivity contribution < 1.29 is 14.3 Å². The van der Waals surface area contributed by atoms with Gasteiger partial charge in [-0.25, -0.2) is 0 Å². The molecule has 180 valence electrons. The van der Waals surface area contributed by atoms with Gasteiger partial charge in [0.1, 0.15) is 0 Å². The third-order valence-corrected chi connectivity index (χ3v) is 10.7. The Balaban J connectivity index is 1.41. The van der Waals surface area contributed by atoms with Crippen LogP contribution >= 0.6 is 0 Å². The van der Waals surface area contributed by atoms with Crippen molar-refractivity contribution in [3.05, 3.63) is 35.9 Å². The zero-order chi connectivity index (χ0) is 23.5. The number of ether oxygens (including phenoxy) is 2. The molecule has 3 saturated carbocycles. The van der Waals surface area contributed by atoms with Gasteiger partial charge >= 0.3 is 0 Å². The van der Waals surface area contributed by atoms with E-state index in [9.17, 15) is 4.79 Å². The van der Waals surface area contributed by atoms with Crippen molar-refractivity contribution >= 4 is 5.91 Å². The van der Waals surface area contributed by atoms with E-state index in [-0.39, 0.29) is 11.3 Å². The van der Waals surface area contributed by atoms with Crippen LogP contribution in [0.4, 0.5) is 0 Å². The Morgan fingerprint density at radius 2 is 1.76 bits per heavy atom. The van der Waals surface area contributed by atoms with Crippen LogP contribution in [0.5, 0.6) is 11.5 Å². The fourth-order valence-corrected chi connectivity index (χ4v) is 8.97. The molecule has 1 heterocycles. The summed E-state index contributed by atoms with van der Waals surface area (Å²) in [6.07, 6.45) is 11.8. The molecule has 1 amide bonds. The van der Waals surface area contributed by atoms with Crippen LogP contribution in [0.1, 0.15) is 70.8 Å². The van der Waals surface area contributed by atoms with Gasteiger partial charge in [-0.1, -0.05) is 32.9 Å². The highest BCUT2D eigenvalue weighted by Crippen LogP contribution is 2.67. The number of fused-ring (bicyclic) bond motifs is 5. The molecule has 0 radical (unpaired) electrons. The van der Waals surface area contributed by atoms with Crippen molar-refractivity contribution in [1.29, 1.82) is 0 Å². The molecule has 8 atom stereocenters. The first-order valence-corrected chi connectivity index (χ1v) is 12.9. The maximum Gasteiger partial charge on any atom is 0.246 e. The normalized spacial score (nSPS) is 40.6. The van der Waals surface area contributed by atoms with Crippen LogP contribution in [-0.4, -0.2) is 38.1 Å². The molecule has 3 fully saturated rings. The van der Waals surface area contributed by atoms with Crippen LogP contribution in [0.15, 0.2) is 30.4 Å². The Morgan fingerprint density at radius 3 is 2.48 bits per heavy atom. The number of hydrogen-bond donors (Lipinski definition) is 0. The summed E-state index contributed by atoms with van der Waals surface area (Å²) in [5.74, 6) is 5.27. The van der Waals surface area contributed by atoms with Crippen molar-refractivity contribution in [2.45, 2.75) is 71.3 Å². The van der Waals surface area contributed by atoms with Crippen LogP contribution in [0.3, 0.4) is 0 Å². The lowest BCUT2D eigenvalue weighted by molar-refractivity contribution is -0.139. The quantitative estimate of drug-likeness (QED) is 0.558. The average molecular weight is 452 g/mol. The topological polar surface area (TPSA) is 38.8 Å². The second-order valence-electron chi connectivity index (χ2n) is 11.7. The van der Waals surface area contributed by atoms with Gasteiger partial charge in [0.05, 0.1) is 14.2 Å². The number of benzene rings is 1. The van der Waals surface area contributed by atoms with Gasteiger partial charge in [-0.15, -0.1) is 0 Å². The number of carbonyl (C=O) groups is 1. The zero-order valence-electron chi connectivity index (χ0n) is 21.3. The molecule has 1 aromatic rings. The highest BCUT2D eigenvalue weighted by molar-refractivity contribution is 5.89. The summed E-state index contributed by atoms with van der Waals surface area (Å²) in [4.78, 5) is 14.4. The fourth-order valence-electron chi connectivity index (χ4n) is 8.97. The summed E-state index contributed by atoms with van der Waals surface area (Å²) in [6, 6.07) is 6.85. The van der Waals surface area contributed by atoms with Crippen LogP contribution in [0.2, 0.25) is 0 Å². The molecule has 1 aromatic carbocycles. The Hall–Kier alpha value is -1.97. The summed E-state index contributed by atoms with van der Waals surface area (Å²) in [5.41, 5.74) is 1.88. The first kappa shape index (κ1) is 22.8. The van der Waals surface area contributed by atoms with Gasteiger partial charge in [-0.3, -0.25) is 4.79 Å². The smallest absolute Gasteiger partial charge is 0.246 e. The van der Waals surface area contributed by atoms with Gasteiger partial charge in [-0.2, -0.15) is 0 Å². The molecule has 4 aliphatic rings. The number of rotatable bonds is 4. The van der Waals surface area contributed by atoms with E-state index in [0.717, 1.165) is 29.8 Å². The third kappa shape index (κ3) is 3.26. The van der Waals surface area contributed by atoms with E-state index < -0.39 is 0 Å². The number of nitrogens with zero attached hydrogens (tertiary/aromatic N) is 1. The van der Waals surface area contributed by atoms with Crippen LogP contribution in [0.25, 0.3) is 0 Å². The zero-order valence-corrected chi connectivity index (χ0v) is 21.3. The lowest BCUT2D eigenvalue weighted by Crippen LogP contribution is -2.59. The predicted molar refractivity (Wildman–Crippen MR) is 132 cm³/mol. The summed E-state index contributed by atoms with van der Waals surface area (Å²) in [5, 5.41) is 0. The van der Waals surface area contributed by atoms with Crippen molar-refractivity contribution in [1.82, 2.24) is 4.90 Å². The monoisotopic (exact) mass is 451 g/mol. The van der Waals surface area contributed by atoms with Crippen molar-refractivity contribution in [2.75, 3.05) is 21.3 Å². The van der Waals surface area contributed by atoms with E-state index in [0.29, 0.717) is 29.2 Å². The van der Waals surface area contributed by atoms with E-state index in [1.807, 2.05) is 18.0 Å². The van der Waals surface area contributed by atoms with Crippen LogP contribution in [-0.2, 0) is 4.79 Å². The summed E-state index contributed by atoms with van der Waals surface area (Å²) in [6.45, 7) is 7.47. The molecule has 0 N–H and O–H groups in total. The Labute approximate surface area is 199 Å². The highest BCUT2D eigenvalue weighted by Gasteiger charge is 2.60. The van der Waals surface area contributed by atoms with Crippen LogP contribution in [0, 0.1) is 34.5 Å². The lowest BCUT2D eigenvalue weighted by atomic mass is 9.47. The third-order valence-electron chi connectivity index (χ3n) is 10.7. The molecule has 0 saturated heterocycles. The number of methoxy groups -OCH3 is 2. The molecule has 33 heavy (non-hydrogen) atoms. The Kier molecular flexibility index (Phi) is 5.57. The van der Waals surface area contributed by atoms with Gasteiger partial charge in [0.25, 0.3) is 0 Å². The molecule has 5 rings (SSSR count). The maximum absolute atomic E-state index is 12.3. The first-order chi connectivity index (χ1) is 15.7. The molecule has 3 aliphatic carbocycles. The SMILES string of the molecule is COc1ccc(C(C)[C@H]2CC[C@H]3[C@@H]4CC[C@H]5N(C)C(=O)C=C[C@]5(C)[C@H]4CC[C@]23C)cc1OC. The fraction of sp³-hybridized carbons (Fsp3) is 0.690. The second kappa shape index (κ2) is 8.06. The van der Waals surface area contributed by atoms with Gasteiger partial charge in [0, 0.05) is 18.5 Å². The van der Waals surface area contributed by atoms with E-state index >= 15 is 0 Å². The van der Waals surface area contributed by atoms with Gasteiger partial charge in [0.2, 0.25) is 5.91 Å². The highest BCUT2D eigenvalue weighted by atomic mass is 16.5. The molecule has 0 spiro atoms. The largest absolute Gasteiger partial charge is 0.493 e. The van der Waals surface area contributed by atoms with Gasteiger partial charge in [-0.05, 0) is 97.3 Å². The molecule has 1 aliphatic heterocycles. The molecule has 4 nitrogen and oxygen atoms in total. The molecule has 1 unspecified atom stereocenters. The van der Waals surface area contributed by atoms with E-state index in [2.05, 4.69) is 45.0 Å². The first-order valence-electron chi connectivity index (χ1n) is 12.9. The molecule has 4 heteroatoms. The van der Waals surface area contributed by atoms with Gasteiger partial charge < -0.3 is 14.4 Å². The minimum absolute atomic E-state index is 0.125. The Bertz CT molecular complexity index is 956. The lowest BCUT2D eigenvalue weighted by Gasteiger charge is -2.60. The van der Waals surface area contributed by atoms with Crippen LogP contribution < -0.4 is 9.47 Å². The van der Waals surface area contributed by atoms with Crippen molar-refractivity contribution in [3.8, 4) is 11.5 Å². The second-order valence-corrected chi connectivity index (χ2v) is 11.7. The van der Waals surface area contributed by atoms with E-state index in [4.69, 9.17) is 9.47 Å².